The van der Waals surface area contributed by atoms with E-state index in [-0.39, 0.29) is 5.78 Å². The fraction of sp³-hybridized carbons (Fsp3) is 0.294. The monoisotopic (exact) mass is 296 g/mol. The van der Waals surface area contributed by atoms with Gasteiger partial charge in [-0.25, -0.2) is 4.98 Å². The van der Waals surface area contributed by atoms with Crippen LogP contribution < -0.4 is 5.73 Å². The number of rotatable bonds is 2. The third-order valence-corrected chi connectivity index (χ3v) is 3.70. The second-order valence-electron chi connectivity index (χ2n) is 6.67. The molecule has 2 heterocycles. The number of aromatic amines is 1. The van der Waals surface area contributed by atoms with Crippen molar-refractivity contribution in [3.63, 3.8) is 0 Å². The molecular formula is C17H20N4O. The van der Waals surface area contributed by atoms with Crippen LogP contribution >= 0.6 is 0 Å². The van der Waals surface area contributed by atoms with Crippen molar-refractivity contribution in [3.8, 4) is 11.5 Å². The zero-order valence-electron chi connectivity index (χ0n) is 13.3. The normalized spacial score (nSPS) is 12.0. The maximum atomic E-state index is 12.4. The Hall–Kier alpha value is -2.56. The number of Topliss-reactive ketones (excluding diaryl/α,β-unsaturated/α-hetero) is 1. The first kappa shape index (κ1) is 14.4. The lowest BCUT2D eigenvalue weighted by Crippen LogP contribution is -2.19. The highest BCUT2D eigenvalue weighted by atomic mass is 16.1. The lowest BCUT2D eigenvalue weighted by atomic mass is 9.86. The Balaban J connectivity index is 2.08. The number of nitrogens with zero attached hydrogens (tertiary/aromatic N) is 2. The van der Waals surface area contributed by atoms with Gasteiger partial charge in [0.2, 0.25) is 0 Å². The second-order valence-corrected chi connectivity index (χ2v) is 6.67. The Morgan fingerprint density at radius 3 is 2.59 bits per heavy atom. The minimum atomic E-state index is -0.403. The van der Waals surface area contributed by atoms with Crippen molar-refractivity contribution >= 4 is 22.5 Å². The third-order valence-electron chi connectivity index (χ3n) is 3.70. The summed E-state index contributed by atoms with van der Waals surface area (Å²) in [5.74, 6) is 0.858. The third kappa shape index (κ3) is 2.39. The van der Waals surface area contributed by atoms with Crippen molar-refractivity contribution in [2.24, 2.45) is 12.5 Å². The number of fused-ring (bicyclic) bond motifs is 1. The number of aromatic nitrogens is 3. The molecule has 0 bridgehead atoms. The minimum absolute atomic E-state index is 0.113. The molecule has 0 saturated carbocycles. The Kier molecular flexibility index (Phi) is 3.09. The molecule has 114 valence electrons. The summed E-state index contributed by atoms with van der Waals surface area (Å²) in [6.07, 6.45) is 1.84. The van der Waals surface area contributed by atoms with E-state index in [9.17, 15) is 4.79 Å². The highest BCUT2D eigenvalue weighted by Gasteiger charge is 2.23. The van der Waals surface area contributed by atoms with Crippen LogP contribution in [-0.2, 0) is 7.05 Å². The van der Waals surface area contributed by atoms with Gasteiger partial charge in [-0.1, -0.05) is 20.8 Å². The van der Waals surface area contributed by atoms with Crippen LogP contribution in [-0.4, -0.2) is 20.3 Å². The van der Waals surface area contributed by atoms with E-state index in [1.807, 2.05) is 62.8 Å². The Morgan fingerprint density at radius 2 is 2.00 bits per heavy atom. The Labute approximate surface area is 129 Å². The number of nitrogens with two attached hydrogens (primary N) is 1. The minimum Gasteiger partial charge on any atom is -0.397 e. The molecule has 2 aromatic heterocycles. The van der Waals surface area contributed by atoms with E-state index in [2.05, 4.69) is 9.97 Å². The van der Waals surface area contributed by atoms with Gasteiger partial charge in [0.05, 0.1) is 22.4 Å². The van der Waals surface area contributed by atoms with Gasteiger partial charge in [-0.05, 0) is 24.3 Å². The number of aryl methyl sites for hydroxylation is 1. The summed E-state index contributed by atoms with van der Waals surface area (Å²) in [6.45, 7) is 5.76. The number of carbonyl (C=O) groups excluding carboxylic acids is 1. The summed E-state index contributed by atoms with van der Waals surface area (Å²) in [5, 5.41) is 0. The SMILES string of the molecule is Cn1cc(N)cc1-c1nc2cc(C(=O)C(C)(C)C)ccc2[nH]1. The van der Waals surface area contributed by atoms with Crippen LogP contribution in [0.2, 0.25) is 0 Å². The number of ketones is 1. The number of anilines is 1. The summed E-state index contributed by atoms with van der Waals surface area (Å²) in [5.41, 5.74) is 9.39. The number of nitrogens with one attached hydrogen (secondary N) is 1. The molecule has 22 heavy (non-hydrogen) atoms. The lowest BCUT2D eigenvalue weighted by molar-refractivity contribution is 0.0858. The zero-order valence-corrected chi connectivity index (χ0v) is 13.3. The van der Waals surface area contributed by atoms with Crippen LogP contribution in [0.5, 0.6) is 0 Å². The molecule has 0 aliphatic rings. The predicted molar refractivity (Wildman–Crippen MR) is 88.7 cm³/mol. The summed E-state index contributed by atoms with van der Waals surface area (Å²) in [6, 6.07) is 7.46. The fourth-order valence-electron chi connectivity index (χ4n) is 2.53. The van der Waals surface area contributed by atoms with E-state index in [1.54, 1.807) is 0 Å². The van der Waals surface area contributed by atoms with Crippen LogP contribution in [0.3, 0.4) is 0 Å². The van der Waals surface area contributed by atoms with Crippen molar-refractivity contribution in [2.75, 3.05) is 5.73 Å². The molecular weight excluding hydrogens is 276 g/mol. The molecule has 0 spiro atoms. The highest BCUT2D eigenvalue weighted by molar-refractivity contribution is 6.02. The van der Waals surface area contributed by atoms with Crippen molar-refractivity contribution in [1.82, 2.24) is 14.5 Å². The van der Waals surface area contributed by atoms with Crippen molar-refractivity contribution in [2.45, 2.75) is 20.8 Å². The number of benzene rings is 1. The molecule has 5 nitrogen and oxygen atoms in total. The summed E-state index contributed by atoms with van der Waals surface area (Å²) < 4.78 is 1.92. The number of imidazole rings is 1. The Morgan fingerprint density at radius 1 is 1.27 bits per heavy atom. The number of hydrogen-bond acceptors (Lipinski definition) is 3. The van der Waals surface area contributed by atoms with Crippen molar-refractivity contribution in [3.05, 3.63) is 36.0 Å². The van der Waals surface area contributed by atoms with Crippen LogP contribution in [0.1, 0.15) is 31.1 Å². The largest absolute Gasteiger partial charge is 0.397 e. The molecule has 3 N–H and O–H groups in total. The number of carbonyl (C=O) groups is 1. The summed E-state index contributed by atoms with van der Waals surface area (Å²) in [7, 11) is 1.92. The maximum absolute atomic E-state index is 12.4. The van der Waals surface area contributed by atoms with E-state index in [4.69, 9.17) is 5.73 Å². The molecule has 1 aromatic carbocycles. The molecule has 3 aromatic rings. The molecule has 0 aliphatic carbocycles. The number of H-pyrrole nitrogens is 1. The van der Waals surface area contributed by atoms with Crippen LogP contribution in [0, 0.1) is 5.41 Å². The highest BCUT2D eigenvalue weighted by Crippen LogP contribution is 2.26. The molecule has 0 saturated heterocycles. The van der Waals surface area contributed by atoms with Gasteiger partial charge in [0.1, 0.15) is 0 Å². The molecule has 0 atom stereocenters. The first-order valence-corrected chi connectivity index (χ1v) is 7.22. The van der Waals surface area contributed by atoms with E-state index in [0.717, 1.165) is 22.6 Å². The van der Waals surface area contributed by atoms with Gasteiger partial charge in [0.25, 0.3) is 0 Å². The van der Waals surface area contributed by atoms with E-state index >= 15 is 0 Å². The summed E-state index contributed by atoms with van der Waals surface area (Å²) in [4.78, 5) is 20.3. The molecule has 0 amide bonds. The molecule has 5 heteroatoms. The number of nitrogen functional groups attached to an aromatic ring is 1. The quantitative estimate of drug-likeness (QED) is 0.712. The van der Waals surface area contributed by atoms with Gasteiger partial charge in [-0.3, -0.25) is 4.79 Å². The molecule has 0 unspecified atom stereocenters. The van der Waals surface area contributed by atoms with Crippen molar-refractivity contribution in [1.29, 1.82) is 0 Å². The first-order chi connectivity index (χ1) is 10.3. The maximum Gasteiger partial charge on any atom is 0.168 e. The first-order valence-electron chi connectivity index (χ1n) is 7.22. The summed E-state index contributed by atoms with van der Waals surface area (Å²) >= 11 is 0. The fourth-order valence-corrected chi connectivity index (χ4v) is 2.53. The van der Waals surface area contributed by atoms with Gasteiger partial charge in [0, 0.05) is 24.2 Å². The average molecular weight is 296 g/mol. The molecule has 0 radical (unpaired) electrons. The standard InChI is InChI=1S/C17H20N4O/c1-17(2,3)15(22)10-5-6-12-13(7-10)20-16(19-12)14-8-11(18)9-21(14)4/h5-9H,18H2,1-4H3,(H,19,20). The van der Waals surface area contributed by atoms with E-state index in [0.29, 0.717) is 11.3 Å². The van der Waals surface area contributed by atoms with Crippen LogP contribution in [0.4, 0.5) is 5.69 Å². The van der Waals surface area contributed by atoms with Gasteiger partial charge in [-0.15, -0.1) is 0 Å². The van der Waals surface area contributed by atoms with Gasteiger partial charge < -0.3 is 15.3 Å². The molecule has 0 aliphatic heterocycles. The van der Waals surface area contributed by atoms with Gasteiger partial charge >= 0.3 is 0 Å². The molecule has 0 fully saturated rings. The smallest absolute Gasteiger partial charge is 0.168 e. The Bertz CT molecular complexity index is 865. The van der Waals surface area contributed by atoms with Gasteiger partial charge in [-0.2, -0.15) is 0 Å². The second kappa shape index (κ2) is 4.73. The lowest BCUT2D eigenvalue weighted by Gasteiger charge is -2.16. The van der Waals surface area contributed by atoms with E-state index in [1.165, 1.54) is 0 Å². The number of hydrogen-bond donors (Lipinski definition) is 2. The van der Waals surface area contributed by atoms with E-state index < -0.39 is 5.41 Å². The van der Waals surface area contributed by atoms with Gasteiger partial charge in [0.15, 0.2) is 11.6 Å². The van der Waals surface area contributed by atoms with Crippen molar-refractivity contribution < 1.29 is 4.79 Å². The molecule has 3 rings (SSSR count). The topological polar surface area (TPSA) is 76.7 Å². The average Bonchev–Trinajstić information content (AvgIpc) is 2.98. The van der Waals surface area contributed by atoms with Crippen LogP contribution in [0.15, 0.2) is 30.5 Å². The zero-order chi connectivity index (χ0) is 16.1. The van der Waals surface area contributed by atoms with Crippen LogP contribution in [0.25, 0.3) is 22.6 Å². The predicted octanol–water partition coefficient (Wildman–Crippen LogP) is 3.38.